The highest BCUT2D eigenvalue weighted by Crippen LogP contribution is 2.30. The van der Waals surface area contributed by atoms with Crippen molar-refractivity contribution in [3.8, 4) is 0 Å². The Kier molecular flexibility index (Phi) is 5.01. The molecule has 1 aromatic heterocycles. The number of amides is 1. The monoisotopic (exact) mass is 384 g/mol. The number of rotatable bonds is 4. The third kappa shape index (κ3) is 3.91. The van der Waals surface area contributed by atoms with Crippen LogP contribution in [0.1, 0.15) is 5.69 Å². The molecule has 0 radical (unpaired) electrons. The summed E-state index contributed by atoms with van der Waals surface area (Å²) in [5.74, 6) is -0.147. The number of likely N-dealkylation sites (N-methyl/N-ethyl adjacent to an activating group) is 1. The molecule has 4 rings (SSSR count). The number of benzene rings is 2. The number of carbonyl (C=O) groups excluding carboxylic acids is 1. The van der Waals surface area contributed by atoms with E-state index >= 15 is 0 Å². The molecule has 0 saturated carbocycles. The van der Waals surface area contributed by atoms with Gasteiger partial charge in [-0.25, -0.2) is 0 Å². The fraction of sp³-hybridized carbons (Fsp3) is 0.300. The van der Waals surface area contributed by atoms with Crippen molar-refractivity contribution in [1.82, 2.24) is 10.1 Å². The molecule has 0 atom stereocenters. The number of para-hydroxylation sites is 1. The SMILES string of the molecule is CN1CCN(c2ccc(Cl)cc2NC(=O)Cc2noc3ccccc23)CC1. The van der Waals surface area contributed by atoms with Crippen LogP contribution in [0.4, 0.5) is 11.4 Å². The summed E-state index contributed by atoms with van der Waals surface area (Å²) in [6.45, 7) is 3.80. The second-order valence-electron chi connectivity index (χ2n) is 6.80. The molecular formula is C20H21ClN4O2. The van der Waals surface area contributed by atoms with Gasteiger partial charge in [0, 0.05) is 36.6 Å². The molecule has 1 amide bonds. The van der Waals surface area contributed by atoms with E-state index < -0.39 is 0 Å². The number of nitrogens with one attached hydrogen (secondary N) is 1. The summed E-state index contributed by atoms with van der Waals surface area (Å²) in [5, 5.41) is 8.49. The Morgan fingerprint density at radius 3 is 2.78 bits per heavy atom. The van der Waals surface area contributed by atoms with E-state index in [1.54, 1.807) is 6.07 Å². The molecule has 0 unspecified atom stereocenters. The van der Waals surface area contributed by atoms with Crippen molar-refractivity contribution in [2.24, 2.45) is 0 Å². The summed E-state index contributed by atoms with van der Waals surface area (Å²) in [6.07, 6.45) is 0.145. The summed E-state index contributed by atoms with van der Waals surface area (Å²) in [7, 11) is 2.12. The number of hydrogen-bond acceptors (Lipinski definition) is 5. The first-order valence-electron chi connectivity index (χ1n) is 8.96. The van der Waals surface area contributed by atoms with E-state index in [4.69, 9.17) is 16.1 Å². The number of piperazine rings is 1. The van der Waals surface area contributed by atoms with Gasteiger partial charge in [0.2, 0.25) is 5.91 Å². The summed E-state index contributed by atoms with van der Waals surface area (Å²) in [5.41, 5.74) is 3.03. The van der Waals surface area contributed by atoms with E-state index in [2.05, 4.69) is 27.3 Å². The molecule has 0 bridgehead atoms. The number of carbonyl (C=O) groups is 1. The lowest BCUT2D eigenvalue weighted by Gasteiger charge is -2.35. The lowest BCUT2D eigenvalue weighted by Crippen LogP contribution is -2.44. The summed E-state index contributed by atoms with van der Waals surface area (Å²) in [6, 6.07) is 13.2. The van der Waals surface area contributed by atoms with Crippen LogP contribution in [-0.4, -0.2) is 49.2 Å². The molecule has 3 aromatic rings. The van der Waals surface area contributed by atoms with Crippen LogP contribution in [0.2, 0.25) is 5.02 Å². The number of fused-ring (bicyclic) bond motifs is 1. The third-order valence-electron chi connectivity index (χ3n) is 4.86. The zero-order chi connectivity index (χ0) is 18.8. The Hall–Kier alpha value is -2.57. The molecule has 1 saturated heterocycles. The molecular weight excluding hydrogens is 364 g/mol. The van der Waals surface area contributed by atoms with E-state index in [1.165, 1.54) is 0 Å². The Bertz CT molecular complexity index is 964. The van der Waals surface area contributed by atoms with Gasteiger partial charge < -0.3 is 19.6 Å². The van der Waals surface area contributed by atoms with E-state index in [0.29, 0.717) is 16.3 Å². The molecule has 7 heteroatoms. The average Bonchev–Trinajstić information content (AvgIpc) is 3.06. The van der Waals surface area contributed by atoms with Crippen LogP contribution in [0.5, 0.6) is 0 Å². The fourth-order valence-electron chi connectivity index (χ4n) is 3.34. The standard InChI is InChI=1S/C20H21ClN4O2/c1-24-8-10-25(11-9-24)18-7-6-14(21)12-17(18)22-20(26)13-16-15-4-2-3-5-19(15)27-23-16/h2-7,12H,8-11,13H2,1H3,(H,22,26). The number of hydrogen-bond donors (Lipinski definition) is 1. The lowest BCUT2D eigenvalue weighted by molar-refractivity contribution is -0.115. The van der Waals surface area contributed by atoms with Crippen LogP contribution < -0.4 is 10.2 Å². The molecule has 1 aliphatic rings. The van der Waals surface area contributed by atoms with Crippen molar-refractivity contribution in [3.63, 3.8) is 0 Å². The largest absolute Gasteiger partial charge is 0.367 e. The van der Waals surface area contributed by atoms with Crippen LogP contribution in [0.25, 0.3) is 11.0 Å². The quantitative estimate of drug-likeness (QED) is 0.746. The third-order valence-corrected chi connectivity index (χ3v) is 5.09. The number of anilines is 2. The Labute approximate surface area is 162 Å². The Morgan fingerprint density at radius 2 is 1.96 bits per heavy atom. The maximum absolute atomic E-state index is 12.7. The van der Waals surface area contributed by atoms with Crippen LogP contribution in [0.3, 0.4) is 0 Å². The topological polar surface area (TPSA) is 61.6 Å². The molecule has 0 aliphatic carbocycles. The number of halogens is 1. The van der Waals surface area contributed by atoms with E-state index in [0.717, 1.165) is 42.9 Å². The van der Waals surface area contributed by atoms with Gasteiger partial charge in [0.1, 0.15) is 5.69 Å². The average molecular weight is 385 g/mol. The molecule has 6 nitrogen and oxygen atoms in total. The van der Waals surface area contributed by atoms with Crippen LogP contribution >= 0.6 is 11.6 Å². The zero-order valence-corrected chi connectivity index (χ0v) is 15.9. The molecule has 27 heavy (non-hydrogen) atoms. The van der Waals surface area contributed by atoms with Gasteiger partial charge in [0.15, 0.2) is 5.58 Å². The number of aromatic nitrogens is 1. The zero-order valence-electron chi connectivity index (χ0n) is 15.1. The van der Waals surface area contributed by atoms with Crippen LogP contribution in [0.15, 0.2) is 47.0 Å². The highest BCUT2D eigenvalue weighted by Gasteiger charge is 2.19. The van der Waals surface area contributed by atoms with Crippen molar-refractivity contribution in [1.29, 1.82) is 0 Å². The summed E-state index contributed by atoms with van der Waals surface area (Å²) >= 11 is 6.18. The summed E-state index contributed by atoms with van der Waals surface area (Å²) in [4.78, 5) is 17.2. The second kappa shape index (κ2) is 7.58. The van der Waals surface area contributed by atoms with Crippen molar-refractivity contribution in [2.75, 3.05) is 43.4 Å². The van der Waals surface area contributed by atoms with Gasteiger partial charge in [-0.3, -0.25) is 4.79 Å². The van der Waals surface area contributed by atoms with E-state index in [9.17, 15) is 4.79 Å². The van der Waals surface area contributed by atoms with Crippen molar-refractivity contribution in [3.05, 3.63) is 53.2 Å². The summed E-state index contributed by atoms with van der Waals surface area (Å²) < 4.78 is 5.28. The van der Waals surface area contributed by atoms with Crippen molar-refractivity contribution in [2.45, 2.75) is 6.42 Å². The maximum Gasteiger partial charge on any atom is 0.230 e. The molecule has 0 spiro atoms. The van der Waals surface area contributed by atoms with Gasteiger partial charge in [0.25, 0.3) is 0 Å². The van der Waals surface area contributed by atoms with Gasteiger partial charge >= 0.3 is 0 Å². The Morgan fingerprint density at radius 1 is 1.19 bits per heavy atom. The first kappa shape index (κ1) is 17.8. The highest BCUT2D eigenvalue weighted by atomic mass is 35.5. The van der Waals surface area contributed by atoms with E-state index in [-0.39, 0.29) is 12.3 Å². The lowest BCUT2D eigenvalue weighted by atomic mass is 10.1. The van der Waals surface area contributed by atoms with Crippen molar-refractivity contribution < 1.29 is 9.32 Å². The number of nitrogens with zero attached hydrogens (tertiary/aromatic N) is 3. The van der Waals surface area contributed by atoms with E-state index in [1.807, 2.05) is 36.4 Å². The van der Waals surface area contributed by atoms with Crippen LogP contribution in [-0.2, 0) is 11.2 Å². The molecule has 2 aromatic carbocycles. The minimum absolute atomic E-state index is 0.145. The van der Waals surface area contributed by atoms with Crippen LogP contribution in [0, 0.1) is 0 Å². The molecule has 2 heterocycles. The fourth-order valence-corrected chi connectivity index (χ4v) is 3.52. The molecule has 140 valence electrons. The smallest absolute Gasteiger partial charge is 0.230 e. The minimum Gasteiger partial charge on any atom is -0.367 e. The van der Waals surface area contributed by atoms with Crippen molar-refractivity contribution >= 4 is 39.9 Å². The van der Waals surface area contributed by atoms with Gasteiger partial charge in [-0.2, -0.15) is 0 Å². The van der Waals surface area contributed by atoms with Gasteiger partial charge in [-0.15, -0.1) is 0 Å². The molecule has 1 aliphatic heterocycles. The van der Waals surface area contributed by atoms with Gasteiger partial charge in [-0.1, -0.05) is 28.9 Å². The van der Waals surface area contributed by atoms with Gasteiger partial charge in [0.05, 0.1) is 17.8 Å². The normalized spacial score (nSPS) is 15.3. The second-order valence-corrected chi connectivity index (χ2v) is 7.24. The first-order chi connectivity index (χ1) is 13.1. The highest BCUT2D eigenvalue weighted by molar-refractivity contribution is 6.31. The first-order valence-corrected chi connectivity index (χ1v) is 9.34. The maximum atomic E-state index is 12.7. The molecule has 1 fully saturated rings. The van der Waals surface area contributed by atoms with Gasteiger partial charge in [-0.05, 0) is 37.4 Å². The Balaban J connectivity index is 1.53. The predicted octanol–water partition coefficient (Wildman–Crippen LogP) is 3.41. The minimum atomic E-state index is -0.147. The molecule has 1 N–H and O–H groups in total. The predicted molar refractivity (Wildman–Crippen MR) is 108 cm³/mol.